The van der Waals surface area contributed by atoms with Gasteiger partial charge in [0.2, 0.25) is 0 Å². The van der Waals surface area contributed by atoms with E-state index < -0.39 is 23.5 Å². The van der Waals surface area contributed by atoms with Crippen LogP contribution in [0.1, 0.15) is 68.0 Å². The van der Waals surface area contributed by atoms with Crippen molar-refractivity contribution >= 4 is 23.5 Å². The van der Waals surface area contributed by atoms with Crippen LogP contribution in [0.2, 0.25) is 0 Å². The van der Waals surface area contributed by atoms with Crippen LogP contribution in [0.25, 0.3) is 0 Å². The molecule has 0 radical (unpaired) electrons. The van der Waals surface area contributed by atoms with Crippen LogP contribution < -0.4 is 27.1 Å². The number of nitrogens with zero attached hydrogens (tertiary/aromatic N) is 3. The maximum Gasteiger partial charge on any atom is 0.679 e. The van der Waals surface area contributed by atoms with Crippen LogP contribution >= 0.6 is 23.5 Å². The van der Waals surface area contributed by atoms with Gasteiger partial charge in [0, 0.05) is 17.4 Å². The van der Waals surface area contributed by atoms with Crippen molar-refractivity contribution in [2.45, 2.75) is 59.3 Å². The molecule has 8 rings (SSSR count). The summed E-state index contributed by atoms with van der Waals surface area (Å²) in [6, 6.07) is 70.8. The van der Waals surface area contributed by atoms with Crippen LogP contribution in [-0.4, -0.2) is 6.54 Å². The van der Waals surface area contributed by atoms with Crippen LogP contribution in [0, 0.1) is 13.8 Å². The first-order valence-corrected chi connectivity index (χ1v) is 27.5. The van der Waals surface area contributed by atoms with Gasteiger partial charge >= 0.3 is 23.5 Å². The maximum atomic E-state index is 7.22. The molecule has 8 aromatic rings. The van der Waals surface area contributed by atoms with E-state index in [9.17, 15) is 0 Å². The fourth-order valence-corrected chi connectivity index (χ4v) is 14.0. The second kappa shape index (κ2) is 22.3. The van der Waals surface area contributed by atoms with E-state index in [4.69, 9.17) is 40.9 Å². The van der Waals surface area contributed by atoms with Gasteiger partial charge in [-0.2, -0.15) is 0 Å². The minimum absolute atomic E-state index is 0.280. The summed E-state index contributed by atoms with van der Waals surface area (Å²) in [5.41, 5.74) is 6.40. The number of hydrogen-bond donors (Lipinski definition) is 0. The minimum Gasteiger partial charge on any atom is -0.414 e. The second-order valence-electron chi connectivity index (χ2n) is 17.7. The van der Waals surface area contributed by atoms with Gasteiger partial charge in [-0.05, 0) is 116 Å². The van der Waals surface area contributed by atoms with Crippen LogP contribution in [0.4, 0.5) is 0 Å². The molecule has 0 aliphatic rings. The van der Waals surface area contributed by atoms with Gasteiger partial charge in [0.05, 0.1) is 4.52 Å². The average molecular weight is 987 g/mol. The average Bonchev–Trinajstić information content (AvgIpc) is 3.36. The molecule has 356 valence electrons. The maximum absolute atomic E-state index is 7.22. The fraction of sp³-hybridized carbons (Fsp3) is 0.172. The zero-order valence-corrected chi connectivity index (χ0v) is 43.3. The highest BCUT2D eigenvalue weighted by Gasteiger charge is 2.43. The van der Waals surface area contributed by atoms with Crippen molar-refractivity contribution < 1.29 is 27.1 Å². The normalized spacial score (nSPS) is 12.8. The van der Waals surface area contributed by atoms with Crippen molar-refractivity contribution in [2.75, 3.05) is 6.54 Å². The lowest BCUT2D eigenvalue weighted by atomic mass is 9.78. The van der Waals surface area contributed by atoms with Crippen LogP contribution in [-0.2, 0) is 10.8 Å². The highest BCUT2D eigenvalue weighted by Crippen LogP contribution is 2.68. The fourth-order valence-electron chi connectivity index (χ4n) is 7.51. The molecule has 2 unspecified atom stereocenters. The van der Waals surface area contributed by atoms with E-state index in [0.29, 0.717) is 34.5 Å². The zero-order valence-electron chi connectivity index (χ0n) is 40.6. The van der Waals surface area contributed by atoms with Crippen molar-refractivity contribution in [1.82, 2.24) is 0 Å². The lowest BCUT2D eigenvalue weighted by Gasteiger charge is -2.27. The predicted molar refractivity (Wildman–Crippen MR) is 288 cm³/mol. The van der Waals surface area contributed by atoms with Crippen molar-refractivity contribution in [3.8, 4) is 34.5 Å². The summed E-state index contributed by atoms with van der Waals surface area (Å²) >= 11 is 0. The monoisotopic (exact) mass is 986 g/mol. The molecular weight excluding hydrogens is 928 g/mol. The molecule has 0 spiro atoms. The SMILES string of the molecule is CCN=P(N=P(N=[P+](Oc1ccccc1)Oc1ccc(C(C)(C)c2ccc(C)cc2)cc1)(Oc1ccccc1)Oc1ccc(C(C)(C)c2ccc(C)cc2)cc1)(Oc1ccccc1)Oc1ccccc1. The first-order chi connectivity index (χ1) is 33.8. The quantitative estimate of drug-likeness (QED) is 0.0750. The molecule has 2 atom stereocenters. The van der Waals surface area contributed by atoms with Crippen molar-refractivity contribution in [1.29, 1.82) is 0 Å². The summed E-state index contributed by atoms with van der Waals surface area (Å²) in [5, 5.41) is 0. The molecule has 0 amide bonds. The number of rotatable bonds is 19. The third-order valence-corrected chi connectivity index (χ3v) is 18.1. The number of para-hydroxylation sites is 4. The molecule has 0 aromatic heterocycles. The van der Waals surface area contributed by atoms with Crippen molar-refractivity contribution in [3.05, 3.63) is 252 Å². The predicted octanol–water partition coefficient (Wildman–Crippen LogP) is 18.1. The first kappa shape index (κ1) is 49.5. The van der Waals surface area contributed by atoms with Crippen LogP contribution in [0.15, 0.2) is 232 Å². The van der Waals surface area contributed by atoms with Crippen LogP contribution in [0.5, 0.6) is 34.5 Å². The van der Waals surface area contributed by atoms with E-state index in [1.807, 2.05) is 153 Å². The van der Waals surface area contributed by atoms with E-state index in [-0.39, 0.29) is 17.4 Å². The van der Waals surface area contributed by atoms with Gasteiger partial charge in [-0.1, -0.05) is 189 Å². The van der Waals surface area contributed by atoms with Crippen molar-refractivity contribution in [3.63, 3.8) is 0 Å². The van der Waals surface area contributed by atoms with Crippen LogP contribution in [0.3, 0.4) is 0 Å². The Labute approximate surface area is 414 Å². The molecule has 0 N–H and O–H groups in total. The van der Waals surface area contributed by atoms with E-state index >= 15 is 0 Å². The topological polar surface area (TPSA) is 92.5 Å². The summed E-state index contributed by atoms with van der Waals surface area (Å²) < 4.78 is 57.7. The largest absolute Gasteiger partial charge is 0.679 e. The Balaban J connectivity index is 1.34. The molecule has 0 heterocycles. The molecular formula is C58H59N3O6P3+. The summed E-state index contributed by atoms with van der Waals surface area (Å²) in [6.45, 7) is 15.2. The van der Waals surface area contributed by atoms with Crippen molar-refractivity contribution in [2.24, 2.45) is 13.8 Å². The Hall–Kier alpha value is -6.88. The molecule has 0 aliphatic carbocycles. The zero-order chi connectivity index (χ0) is 49.0. The van der Waals surface area contributed by atoms with Gasteiger partial charge in [0.1, 0.15) is 23.0 Å². The molecule has 0 saturated heterocycles. The van der Waals surface area contributed by atoms with E-state index in [2.05, 4.69) is 114 Å². The Morgan fingerprint density at radius 1 is 0.371 bits per heavy atom. The van der Waals surface area contributed by atoms with Gasteiger partial charge in [-0.25, -0.2) is 13.8 Å². The lowest BCUT2D eigenvalue weighted by molar-refractivity contribution is 0.457. The Bertz CT molecular complexity index is 3040. The number of aryl methyl sites for hydroxylation is 2. The molecule has 0 saturated carbocycles. The van der Waals surface area contributed by atoms with E-state index in [0.717, 1.165) is 11.1 Å². The van der Waals surface area contributed by atoms with Gasteiger partial charge in [-0.15, -0.1) is 0 Å². The summed E-state index contributed by atoms with van der Waals surface area (Å²) in [7, 11) is -10.3. The Morgan fingerprint density at radius 2 is 0.657 bits per heavy atom. The van der Waals surface area contributed by atoms with E-state index in [1.54, 1.807) is 0 Å². The summed E-state index contributed by atoms with van der Waals surface area (Å²) in [5.74, 6) is 2.89. The van der Waals surface area contributed by atoms with Gasteiger partial charge < -0.3 is 18.1 Å². The van der Waals surface area contributed by atoms with Gasteiger partial charge in [0.25, 0.3) is 0 Å². The van der Waals surface area contributed by atoms with Gasteiger partial charge in [0.15, 0.2) is 11.5 Å². The third-order valence-electron chi connectivity index (χ3n) is 11.7. The number of benzene rings is 8. The minimum atomic E-state index is -4.16. The molecule has 0 aliphatic heterocycles. The second-order valence-corrected chi connectivity index (χ2v) is 22.9. The number of hydrogen-bond acceptors (Lipinski definition) is 7. The third kappa shape index (κ3) is 12.7. The van der Waals surface area contributed by atoms with E-state index in [1.165, 1.54) is 22.3 Å². The van der Waals surface area contributed by atoms with Gasteiger partial charge in [-0.3, -0.25) is 0 Å². The highest BCUT2D eigenvalue weighted by atomic mass is 31.2. The highest BCUT2D eigenvalue weighted by molar-refractivity contribution is 7.70. The molecule has 8 aromatic carbocycles. The smallest absolute Gasteiger partial charge is 0.414 e. The lowest BCUT2D eigenvalue weighted by Crippen LogP contribution is -2.18. The molecule has 12 heteroatoms. The molecule has 0 bridgehead atoms. The standard InChI is InChI=1S/C58H59N3O6P3/c1-8-59-69(64-53-23-15-10-16-24-53,65-54-25-17-11-18-26-54)61-70(66-55-27-19-12-20-28-55,67-56-43-39-50(40-44-56)58(6,7)48-35-31-46(3)32-36-48)60-68(62-51-21-13-9-14-22-51)63-52-41-37-49(38-42-52)57(4,5)47-33-29-45(2)30-34-47/h9-44H,8H2,1-7H3/q+1. The first-order valence-electron chi connectivity index (χ1n) is 23.3. The molecule has 9 nitrogen and oxygen atoms in total. The molecule has 0 fully saturated rings. The summed E-state index contributed by atoms with van der Waals surface area (Å²) in [6.07, 6.45) is 0. The molecule has 70 heavy (non-hydrogen) atoms. The Morgan fingerprint density at radius 3 is 1.01 bits per heavy atom. The Kier molecular flexibility index (Phi) is 15.7. The summed E-state index contributed by atoms with van der Waals surface area (Å²) in [4.78, 5) is 0.